The van der Waals surface area contributed by atoms with Crippen LogP contribution in [0.2, 0.25) is 0 Å². The number of hydrogen-bond acceptors (Lipinski definition) is 3. The molecule has 3 nitrogen and oxygen atoms in total. The third-order valence-corrected chi connectivity index (χ3v) is 5.11. The molecular formula is C14H24N2OS. The molecule has 1 amide bonds. The van der Waals surface area contributed by atoms with Crippen molar-refractivity contribution in [3.05, 3.63) is 12.7 Å². The van der Waals surface area contributed by atoms with Crippen molar-refractivity contribution >= 4 is 17.9 Å². The lowest BCUT2D eigenvalue weighted by Crippen LogP contribution is -2.64. The van der Waals surface area contributed by atoms with Gasteiger partial charge in [0.1, 0.15) is 5.54 Å². The highest BCUT2D eigenvalue weighted by Gasteiger charge is 2.50. The number of rotatable bonds is 6. The molecule has 2 unspecified atom stereocenters. The molecule has 0 spiro atoms. The Morgan fingerprint density at radius 2 is 2.22 bits per heavy atom. The molecule has 0 aromatic rings. The molecule has 0 aromatic heterocycles. The van der Waals surface area contributed by atoms with E-state index in [1.54, 1.807) is 11.9 Å². The van der Waals surface area contributed by atoms with Crippen LogP contribution in [-0.4, -0.2) is 27.5 Å². The van der Waals surface area contributed by atoms with Crippen molar-refractivity contribution in [1.29, 1.82) is 0 Å². The molecule has 2 aliphatic carbocycles. The SMILES string of the molecule is C=CC1CCC1(N)C(=O)N(CC(C)C)SC1CC1. The van der Waals surface area contributed by atoms with E-state index in [1.165, 1.54) is 12.8 Å². The molecule has 4 heteroatoms. The summed E-state index contributed by atoms with van der Waals surface area (Å²) in [4.78, 5) is 12.6. The molecule has 2 aliphatic rings. The molecule has 102 valence electrons. The van der Waals surface area contributed by atoms with Crippen LogP contribution in [-0.2, 0) is 4.79 Å². The van der Waals surface area contributed by atoms with E-state index in [-0.39, 0.29) is 11.8 Å². The summed E-state index contributed by atoms with van der Waals surface area (Å²) in [6, 6.07) is 0. The van der Waals surface area contributed by atoms with Crippen LogP contribution >= 0.6 is 11.9 Å². The van der Waals surface area contributed by atoms with E-state index in [2.05, 4.69) is 20.4 Å². The van der Waals surface area contributed by atoms with Crippen LogP contribution in [0.1, 0.15) is 39.5 Å². The summed E-state index contributed by atoms with van der Waals surface area (Å²) >= 11 is 1.71. The van der Waals surface area contributed by atoms with Crippen LogP contribution in [0.15, 0.2) is 12.7 Å². The fourth-order valence-electron chi connectivity index (χ4n) is 2.31. The van der Waals surface area contributed by atoms with E-state index < -0.39 is 5.54 Å². The first-order chi connectivity index (χ1) is 8.47. The van der Waals surface area contributed by atoms with Gasteiger partial charge in [-0.25, -0.2) is 0 Å². The number of hydrogen-bond donors (Lipinski definition) is 1. The summed E-state index contributed by atoms with van der Waals surface area (Å²) in [6.45, 7) is 8.87. The van der Waals surface area contributed by atoms with Crippen LogP contribution in [0, 0.1) is 11.8 Å². The fourth-order valence-corrected chi connectivity index (χ4v) is 3.66. The van der Waals surface area contributed by atoms with Crippen molar-refractivity contribution in [1.82, 2.24) is 4.31 Å². The van der Waals surface area contributed by atoms with E-state index in [1.807, 2.05) is 10.4 Å². The summed E-state index contributed by atoms with van der Waals surface area (Å²) in [5.41, 5.74) is 5.62. The lowest BCUT2D eigenvalue weighted by atomic mass is 9.66. The molecule has 2 atom stereocenters. The first-order valence-electron chi connectivity index (χ1n) is 6.87. The van der Waals surface area contributed by atoms with Gasteiger partial charge in [-0.1, -0.05) is 19.9 Å². The Bertz CT molecular complexity index is 337. The minimum Gasteiger partial charge on any atom is -0.317 e. The average molecular weight is 268 g/mol. The summed E-state index contributed by atoms with van der Waals surface area (Å²) in [7, 11) is 0. The van der Waals surface area contributed by atoms with Crippen LogP contribution < -0.4 is 5.73 Å². The predicted molar refractivity (Wildman–Crippen MR) is 77.0 cm³/mol. The van der Waals surface area contributed by atoms with Crippen molar-refractivity contribution in [2.24, 2.45) is 17.6 Å². The van der Waals surface area contributed by atoms with E-state index in [0.29, 0.717) is 11.2 Å². The number of carbonyl (C=O) groups excluding carboxylic acids is 1. The zero-order valence-electron chi connectivity index (χ0n) is 11.4. The monoisotopic (exact) mass is 268 g/mol. The highest BCUT2D eigenvalue weighted by Crippen LogP contribution is 2.43. The molecule has 0 aliphatic heterocycles. The van der Waals surface area contributed by atoms with Crippen molar-refractivity contribution in [2.75, 3.05) is 6.54 Å². The van der Waals surface area contributed by atoms with Crippen LogP contribution in [0.5, 0.6) is 0 Å². The van der Waals surface area contributed by atoms with E-state index in [9.17, 15) is 4.79 Å². The maximum Gasteiger partial charge on any atom is 0.253 e. The highest BCUT2D eigenvalue weighted by atomic mass is 32.2. The third kappa shape index (κ3) is 2.75. The number of nitrogens with two attached hydrogens (primary N) is 1. The maximum atomic E-state index is 12.6. The van der Waals surface area contributed by atoms with Gasteiger partial charge in [0.15, 0.2) is 0 Å². The average Bonchev–Trinajstić information content (AvgIpc) is 3.08. The topological polar surface area (TPSA) is 46.3 Å². The fraction of sp³-hybridized carbons (Fsp3) is 0.786. The van der Waals surface area contributed by atoms with Gasteiger partial charge < -0.3 is 5.73 Å². The maximum absolute atomic E-state index is 12.6. The van der Waals surface area contributed by atoms with Crippen LogP contribution in [0.3, 0.4) is 0 Å². The normalized spacial score (nSPS) is 31.0. The molecule has 2 rings (SSSR count). The first kappa shape index (κ1) is 13.9. The molecule has 0 aromatic carbocycles. The largest absolute Gasteiger partial charge is 0.317 e. The molecule has 18 heavy (non-hydrogen) atoms. The van der Waals surface area contributed by atoms with E-state index >= 15 is 0 Å². The minimum atomic E-state index is -0.682. The lowest BCUT2D eigenvalue weighted by molar-refractivity contribution is -0.137. The Morgan fingerprint density at radius 1 is 1.56 bits per heavy atom. The molecule has 2 fully saturated rings. The Labute approximate surface area is 114 Å². The highest BCUT2D eigenvalue weighted by molar-refractivity contribution is 7.98. The van der Waals surface area contributed by atoms with E-state index in [0.717, 1.165) is 19.4 Å². The molecule has 0 saturated heterocycles. The van der Waals surface area contributed by atoms with Crippen molar-refractivity contribution in [3.8, 4) is 0 Å². The Kier molecular flexibility index (Phi) is 4.07. The van der Waals surface area contributed by atoms with Gasteiger partial charge >= 0.3 is 0 Å². The van der Waals surface area contributed by atoms with Crippen molar-refractivity contribution in [2.45, 2.75) is 50.3 Å². The Balaban J connectivity index is 2.03. The molecule has 0 heterocycles. The van der Waals surface area contributed by atoms with Gasteiger partial charge in [-0.2, -0.15) is 0 Å². The lowest BCUT2D eigenvalue weighted by Gasteiger charge is -2.46. The van der Waals surface area contributed by atoms with Gasteiger partial charge in [-0.05, 0) is 43.5 Å². The summed E-state index contributed by atoms with van der Waals surface area (Å²) in [5, 5.41) is 0.638. The Hall–Kier alpha value is -0.480. The standard InChI is InChI=1S/C14H24N2OS/c1-4-11-7-8-14(11,15)13(17)16(9-10(2)3)18-12-5-6-12/h4,10-12H,1,5-9,15H2,2-3H3. The second kappa shape index (κ2) is 5.25. The summed E-state index contributed by atoms with van der Waals surface area (Å²) in [6.07, 6.45) is 6.10. The molecule has 2 N–H and O–H groups in total. The third-order valence-electron chi connectivity index (χ3n) is 3.77. The van der Waals surface area contributed by atoms with Gasteiger partial charge in [-0.3, -0.25) is 9.10 Å². The quantitative estimate of drug-likeness (QED) is 0.595. The Morgan fingerprint density at radius 3 is 2.61 bits per heavy atom. The number of nitrogens with zero attached hydrogens (tertiary/aromatic N) is 1. The zero-order chi connectivity index (χ0) is 13.3. The molecule has 2 saturated carbocycles. The van der Waals surface area contributed by atoms with Crippen molar-refractivity contribution < 1.29 is 4.79 Å². The molecule has 0 radical (unpaired) electrons. The van der Waals surface area contributed by atoms with E-state index in [4.69, 9.17) is 5.73 Å². The summed E-state index contributed by atoms with van der Waals surface area (Å²) < 4.78 is 1.93. The summed E-state index contributed by atoms with van der Waals surface area (Å²) in [5.74, 6) is 0.745. The van der Waals surface area contributed by atoms with Gasteiger partial charge in [0.25, 0.3) is 5.91 Å². The van der Waals surface area contributed by atoms with Gasteiger partial charge in [0.2, 0.25) is 0 Å². The van der Waals surface area contributed by atoms with Gasteiger partial charge in [-0.15, -0.1) is 6.58 Å². The van der Waals surface area contributed by atoms with Crippen molar-refractivity contribution in [3.63, 3.8) is 0 Å². The van der Waals surface area contributed by atoms with Crippen LogP contribution in [0.4, 0.5) is 0 Å². The molecular weight excluding hydrogens is 244 g/mol. The second-order valence-electron chi connectivity index (χ2n) is 5.99. The molecule has 0 bridgehead atoms. The van der Waals surface area contributed by atoms with Crippen LogP contribution in [0.25, 0.3) is 0 Å². The second-order valence-corrected chi connectivity index (χ2v) is 7.30. The van der Waals surface area contributed by atoms with Gasteiger partial charge in [0.05, 0.1) is 0 Å². The number of amides is 1. The predicted octanol–water partition coefficient (Wildman–Crippen LogP) is 2.58. The minimum absolute atomic E-state index is 0.115. The first-order valence-corrected chi connectivity index (χ1v) is 7.71. The number of carbonyl (C=O) groups is 1. The zero-order valence-corrected chi connectivity index (χ0v) is 12.2. The smallest absolute Gasteiger partial charge is 0.253 e. The van der Waals surface area contributed by atoms with Gasteiger partial charge in [0, 0.05) is 17.7 Å².